The van der Waals surface area contributed by atoms with Gasteiger partial charge in [-0.3, -0.25) is 0 Å². The van der Waals surface area contributed by atoms with Crippen molar-refractivity contribution < 1.29 is 17.9 Å². The van der Waals surface area contributed by atoms with Crippen LogP contribution in [0, 0.1) is 19.7 Å². The molecule has 0 fully saturated rings. The summed E-state index contributed by atoms with van der Waals surface area (Å²) in [7, 11) is -2.44. The quantitative estimate of drug-likeness (QED) is 0.384. The van der Waals surface area contributed by atoms with Gasteiger partial charge in [-0.25, -0.2) is 18.6 Å². The third kappa shape index (κ3) is 5.20. The molecule has 4 aromatic rings. The van der Waals surface area contributed by atoms with Gasteiger partial charge >= 0.3 is 0 Å². The molecule has 0 spiro atoms. The first-order valence-electron chi connectivity index (χ1n) is 9.98. The van der Waals surface area contributed by atoms with Gasteiger partial charge in [-0.15, -0.1) is 0 Å². The molecular formula is C22H23FN6O3S. The normalized spacial score (nSPS) is 14.0. The van der Waals surface area contributed by atoms with Crippen LogP contribution in [0.15, 0.2) is 41.2 Å². The molecular weight excluding hydrogens is 447 g/mol. The number of ether oxygens (including phenoxy) is 1. The monoisotopic (exact) mass is 470 g/mol. The molecule has 2 aromatic heterocycles. The molecule has 0 amide bonds. The number of aromatic nitrogens is 4. The number of halogens is 1. The second-order valence-corrected chi connectivity index (χ2v) is 9.94. The molecule has 9 nitrogen and oxygen atoms in total. The Morgan fingerprint density at radius 3 is 2.70 bits per heavy atom. The maximum absolute atomic E-state index is 14.0. The zero-order valence-electron chi connectivity index (χ0n) is 18.5. The minimum absolute atomic E-state index is 0.254. The van der Waals surface area contributed by atoms with Crippen LogP contribution in [0.25, 0.3) is 10.9 Å². The number of hydrogen-bond donors (Lipinski definition) is 2. The molecule has 33 heavy (non-hydrogen) atoms. The lowest BCUT2D eigenvalue weighted by atomic mass is 10.1. The van der Waals surface area contributed by atoms with Crippen molar-refractivity contribution in [3.63, 3.8) is 0 Å². The molecule has 0 saturated carbocycles. The summed E-state index contributed by atoms with van der Waals surface area (Å²) >= 11 is 0. The Morgan fingerprint density at radius 1 is 1.21 bits per heavy atom. The van der Waals surface area contributed by atoms with Crippen LogP contribution in [-0.4, -0.2) is 36.4 Å². The van der Waals surface area contributed by atoms with E-state index in [1.165, 1.54) is 24.7 Å². The van der Waals surface area contributed by atoms with Gasteiger partial charge in [0.25, 0.3) is 5.89 Å². The zero-order valence-corrected chi connectivity index (χ0v) is 19.4. The highest BCUT2D eigenvalue weighted by molar-refractivity contribution is 8.00. The predicted octanol–water partition coefficient (Wildman–Crippen LogP) is 4.33. The molecule has 0 aliphatic carbocycles. The Labute approximate surface area is 190 Å². The summed E-state index contributed by atoms with van der Waals surface area (Å²) in [5.74, 6) is 4.69. The van der Waals surface area contributed by atoms with E-state index in [-0.39, 0.29) is 11.6 Å². The highest BCUT2D eigenvalue weighted by Gasteiger charge is 2.18. The fourth-order valence-electron chi connectivity index (χ4n) is 3.34. The molecule has 4 rings (SSSR count). The minimum atomic E-state index is -2.44. The second kappa shape index (κ2) is 8.66. The Bertz CT molecular complexity index is 1440. The summed E-state index contributed by atoms with van der Waals surface area (Å²) < 4.78 is 40.0. The third-order valence-corrected chi connectivity index (χ3v) is 5.33. The standard InChI is InChI=1S/C22H23FN6O3S/c1-12-8-16(29-33(4,5)30)10-18-20(12)21(25-11-24-18)27-17-7-6-15(23)9-19(17)31-13(2)22-26-14(3)28-32-22/h6-11,13H,4H2,1-3,5H3,(H,29,30)(H,24,25,27). The summed E-state index contributed by atoms with van der Waals surface area (Å²) in [4.78, 5) is 12.9. The van der Waals surface area contributed by atoms with Crippen LogP contribution in [0.4, 0.5) is 21.6 Å². The van der Waals surface area contributed by atoms with Crippen LogP contribution in [-0.2, 0) is 9.71 Å². The van der Waals surface area contributed by atoms with E-state index in [0.29, 0.717) is 28.5 Å². The van der Waals surface area contributed by atoms with Gasteiger partial charge in [-0.1, -0.05) is 5.16 Å². The number of benzene rings is 2. The van der Waals surface area contributed by atoms with Crippen molar-refractivity contribution in [3.05, 3.63) is 59.8 Å². The number of aryl methyl sites for hydroxylation is 2. The van der Waals surface area contributed by atoms with E-state index in [1.54, 1.807) is 26.0 Å². The van der Waals surface area contributed by atoms with Crippen LogP contribution in [0.2, 0.25) is 0 Å². The van der Waals surface area contributed by atoms with Crippen molar-refractivity contribution in [2.45, 2.75) is 26.9 Å². The van der Waals surface area contributed by atoms with Crippen LogP contribution in [0.5, 0.6) is 5.75 Å². The number of anilines is 3. The molecule has 172 valence electrons. The molecule has 2 heterocycles. The number of rotatable bonds is 7. The molecule has 2 atom stereocenters. The molecule has 2 N–H and O–H groups in total. The summed E-state index contributed by atoms with van der Waals surface area (Å²) in [6.45, 7) is 5.33. The van der Waals surface area contributed by atoms with Gasteiger partial charge in [-0.05, 0) is 56.5 Å². The van der Waals surface area contributed by atoms with E-state index in [9.17, 15) is 8.60 Å². The van der Waals surface area contributed by atoms with Gasteiger partial charge < -0.3 is 19.3 Å². The maximum Gasteiger partial charge on any atom is 0.267 e. The van der Waals surface area contributed by atoms with E-state index in [4.69, 9.17) is 9.26 Å². The average molecular weight is 471 g/mol. The highest BCUT2D eigenvalue weighted by atomic mass is 32.2. The number of hydrogen-bond acceptors (Lipinski definition) is 8. The first kappa shape index (κ1) is 22.5. The second-order valence-electron chi connectivity index (χ2n) is 7.72. The molecule has 0 saturated heterocycles. The van der Waals surface area contributed by atoms with Gasteiger partial charge in [0.2, 0.25) is 0 Å². The van der Waals surface area contributed by atoms with Gasteiger partial charge in [-0.2, -0.15) is 4.98 Å². The van der Waals surface area contributed by atoms with Crippen molar-refractivity contribution in [2.75, 3.05) is 16.3 Å². The van der Waals surface area contributed by atoms with Gasteiger partial charge in [0.05, 0.1) is 11.2 Å². The predicted molar refractivity (Wildman–Crippen MR) is 127 cm³/mol. The van der Waals surface area contributed by atoms with Gasteiger partial charge in [0.1, 0.15) is 23.7 Å². The fraction of sp³-hybridized carbons (Fsp3) is 0.227. The number of nitrogens with zero attached hydrogens (tertiary/aromatic N) is 4. The van der Waals surface area contributed by atoms with E-state index in [0.717, 1.165) is 10.9 Å². The topological polar surface area (TPSA) is 115 Å². The van der Waals surface area contributed by atoms with E-state index < -0.39 is 21.6 Å². The van der Waals surface area contributed by atoms with Gasteiger partial charge in [0.15, 0.2) is 11.9 Å². The Kier molecular flexibility index (Phi) is 5.90. The third-order valence-electron chi connectivity index (χ3n) is 4.66. The van der Waals surface area contributed by atoms with Crippen molar-refractivity contribution in [3.8, 4) is 5.75 Å². The molecule has 0 aliphatic rings. The lowest BCUT2D eigenvalue weighted by molar-refractivity contribution is 0.176. The van der Waals surface area contributed by atoms with Crippen LogP contribution in [0.3, 0.4) is 0 Å². The lowest BCUT2D eigenvalue weighted by Crippen LogP contribution is -2.09. The zero-order chi connectivity index (χ0) is 23.8. The van der Waals surface area contributed by atoms with Crippen LogP contribution >= 0.6 is 0 Å². The maximum atomic E-state index is 14.0. The Hall–Kier alpha value is -3.73. The van der Waals surface area contributed by atoms with Crippen molar-refractivity contribution in [1.29, 1.82) is 0 Å². The van der Waals surface area contributed by atoms with Crippen molar-refractivity contribution in [2.24, 2.45) is 0 Å². The van der Waals surface area contributed by atoms with Crippen molar-refractivity contribution in [1.82, 2.24) is 20.1 Å². The highest BCUT2D eigenvalue weighted by Crippen LogP contribution is 2.35. The number of nitrogens with one attached hydrogen (secondary N) is 2. The van der Waals surface area contributed by atoms with Gasteiger partial charge in [0, 0.05) is 33.1 Å². The summed E-state index contributed by atoms with van der Waals surface area (Å²) in [5.41, 5.74) is 2.62. The van der Waals surface area contributed by atoms with Crippen LogP contribution < -0.4 is 14.8 Å². The largest absolute Gasteiger partial charge is 0.479 e. The fourth-order valence-corrected chi connectivity index (χ4v) is 3.95. The first-order valence-corrected chi connectivity index (χ1v) is 12.1. The Balaban J connectivity index is 1.70. The smallest absolute Gasteiger partial charge is 0.267 e. The van der Waals surface area contributed by atoms with E-state index >= 15 is 0 Å². The van der Waals surface area contributed by atoms with E-state index in [1.807, 2.05) is 13.0 Å². The lowest BCUT2D eigenvalue weighted by Gasteiger charge is -2.17. The SMILES string of the molecule is C=S(C)(=O)Nc1cc(C)c2c(Nc3ccc(F)cc3OC(C)c3nc(C)no3)ncnc2c1. The average Bonchev–Trinajstić information content (AvgIpc) is 3.15. The summed E-state index contributed by atoms with van der Waals surface area (Å²) in [6.07, 6.45) is 2.33. The molecule has 2 aromatic carbocycles. The van der Waals surface area contributed by atoms with E-state index in [2.05, 4.69) is 36.0 Å². The first-order chi connectivity index (χ1) is 15.6. The van der Waals surface area contributed by atoms with Crippen LogP contribution in [0.1, 0.15) is 30.3 Å². The molecule has 0 bridgehead atoms. The minimum Gasteiger partial charge on any atom is -0.479 e. The summed E-state index contributed by atoms with van der Waals surface area (Å²) in [5, 5.41) is 7.73. The summed E-state index contributed by atoms with van der Waals surface area (Å²) in [6, 6.07) is 7.76. The molecule has 0 radical (unpaired) electrons. The molecule has 11 heteroatoms. The number of fused-ring (bicyclic) bond motifs is 1. The molecule has 0 aliphatic heterocycles. The Morgan fingerprint density at radius 2 is 2.00 bits per heavy atom. The van der Waals surface area contributed by atoms with Crippen molar-refractivity contribution >= 4 is 43.7 Å². The molecule has 2 unspecified atom stereocenters.